The summed E-state index contributed by atoms with van der Waals surface area (Å²) in [5.74, 6) is 1.73. The summed E-state index contributed by atoms with van der Waals surface area (Å²) < 4.78 is 7.05. The van der Waals surface area contributed by atoms with E-state index in [0.29, 0.717) is 0 Å². The Bertz CT molecular complexity index is 944. The zero-order valence-corrected chi connectivity index (χ0v) is 14.0. The first kappa shape index (κ1) is 14.8. The van der Waals surface area contributed by atoms with Crippen LogP contribution in [-0.2, 0) is 12.8 Å². The van der Waals surface area contributed by atoms with Gasteiger partial charge in [0.2, 0.25) is 4.96 Å². The molecule has 0 fully saturated rings. The number of methoxy groups -OCH3 is 1. The van der Waals surface area contributed by atoms with E-state index in [2.05, 4.69) is 39.6 Å². The summed E-state index contributed by atoms with van der Waals surface area (Å²) in [6, 6.07) is 18.3. The van der Waals surface area contributed by atoms with Crippen molar-refractivity contribution in [1.82, 2.24) is 19.8 Å². The van der Waals surface area contributed by atoms with E-state index in [1.54, 1.807) is 18.4 Å². The smallest absolute Gasteiger partial charge is 0.234 e. The van der Waals surface area contributed by atoms with Crippen molar-refractivity contribution < 1.29 is 4.74 Å². The van der Waals surface area contributed by atoms with Crippen LogP contribution in [0, 0.1) is 0 Å². The molecular formula is C18H16N4OS. The highest BCUT2D eigenvalue weighted by molar-refractivity contribution is 7.16. The second-order valence-corrected chi connectivity index (χ2v) is 6.53. The van der Waals surface area contributed by atoms with E-state index in [1.165, 1.54) is 11.1 Å². The standard InChI is InChI=1S/C18H16N4OS/c1-23-15-9-7-14(8-10-15)12-17-21-22-16(19-20-18(22)24-17)11-13-5-3-2-4-6-13/h2-10H,11-12H2,1H3. The molecule has 0 aliphatic heterocycles. The van der Waals surface area contributed by atoms with E-state index in [4.69, 9.17) is 4.74 Å². The van der Waals surface area contributed by atoms with E-state index >= 15 is 0 Å². The van der Waals surface area contributed by atoms with Gasteiger partial charge in [0, 0.05) is 12.8 Å². The van der Waals surface area contributed by atoms with Crippen molar-refractivity contribution in [3.05, 3.63) is 76.6 Å². The van der Waals surface area contributed by atoms with Gasteiger partial charge in [-0.25, -0.2) is 0 Å². The van der Waals surface area contributed by atoms with Gasteiger partial charge in [-0.1, -0.05) is 53.8 Å². The molecule has 0 saturated carbocycles. The lowest BCUT2D eigenvalue weighted by Crippen LogP contribution is -1.98. The lowest BCUT2D eigenvalue weighted by Gasteiger charge is -2.01. The molecule has 0 bridgehead atoms. The third-order valence-electron chi connectivity index (χ3n) is 3.82. The van der Waals surface area contributed by atoms with Crippen molar-refractivity contribution in [2.24, 2.45) is 0 Å². The third kappa shape index (κ3) is 3.00. The minimum atomic E-state index is 0.730. The van der Waals surface area contributed by atoms with Gasteiger partial charge in [0.1, 0.15) is 10.8 Å². The first-order valence-corrected chi connectivity index (χ1v) is 8.50. The normalized spacial score (nSPS) is 11.0. The number of fused-ring (bicyclic) bond motifs is 1. The van der Waals surface area contributed by atoms with Crippen LogP contribution in [0.25, 0.3) is 4.96 Å². The number of aromatic nitrogens is 4. The van der Waals surface area contributed by atoms with Crippen LogP contribution in [0.15, 0.2) is 54.6 Å². The van der Waals surface area contributed by atoms with E-state index in [0.717, 1.165) is 34.4 Å². The molecule has 5 nitrogen and oxygen atoms in total. The first-order valence-electron chi connectivity index (χ1n) is 7.68. The number of nitrogens with zero attached hydrogens (tertiary/aromatic N) is 4. The molecule has 4 rings (SSSR count). The van der Waals surface area contributed by atoms with Crippen LogP contribution < -0.4 is 4.74 Å². The quantitative estimate of drug-likeness (QED) is 0.561. The zero-order valence-electron chi connectivity index (χ0n) is 13.2. The van der Waals surface area contributed by atoms with Gasteiger partial charge in [0.05, 0.1) is 7.11 Å². The largest absolute Gasteiger partial charge is 0.497 e. The Labute approximate surface area is 143 Å². The second-order valence-electron chi connectivity index (χ2n) is 5.49. The summed E-state index contributed by atoms with van der Waals surface area (Å²) >= 11 is 1.58. The van der Waals surface area contributed by atoms with Gasteiger partial charge in [0.15, 0.2) is 5.82 Å². The molecule has 0 unspecified atom stereocenters. The lowest BCUT2D eigenvalue weighted by molar-refractivity contribution is 0.414. The Morgan fingerprint density at radius 3 is 2.42 bits per heavy atom. The molecular weight excluding hydrogens is 320 g/mol. The van der Waals surface area contributed by atoms with Crippen molar-refractivity contribution in [3.8, 4) is 5.75 Å². The number of rotatable bonds is 5. The van der Waals surface area contributed by atoms with Gasteiger partial charge >= 0.3 is 0 Å². The summed E-state index contributed by atoms with van der Waals surface area (Å²) in [6.45, 7) is 0. The van der Waals surface area contributed by atoms with Crippen LogP contribution in [0.2, 0.25) is 0 Å². The van der Waals surface area contributed by atoms with E-state index < -0.39 is 0 Å². The summed E-state index contributed by atoms with van der Waals surface area (Å²) in [7, 11) is 1.67. The minimum Gasteiger partial charge on any atom is -0.497 e. The number of ether oxygens (including phenoxy) is 1. The maximum atomic E-state index is 5.19. The summed E-state index contributed by atoms with van der Waals surface area (Å²) in [4.78, 5) is 0.837. The number of hydrogen-bond acceptors (Lipinski definition) is 5. The molecule has 0 radical (unpaired) electrons. The summed E-state index contributed by atoms with van der Waals surface area (Å²) in [5, 5.41) is 14.2. The maximum Gasteiger partial charge on any atom is 0.234 e. The SMILES string of the molecule is COc1ccc(Cc2nn3c(Cc4ccccc4)nnc3s2)cc1. The molecule has 0 N–H and O–H groups in total. The molecule has 0 saturated heterocycles. The average molecular weight is 336 g/mol. The van der Waals surface area contributed by atoms with Crippen molar-refractivity contribution in [2.45, 2.75) is 12.8 Å². The lowest BCUT2D eigenvalue weighted by atomic mass is 10.1. The minimum absolute atomic E-state index is 0.730. The van der Waals surface area contributed by atoms with Gasteiger partial charge in [0.25, 0.3) is 0 Å². The third-order valence-corrected chi connectivity index (χ3v) is 4.72. The molecule has 0 spiro atoms. The number of hydrogen-bond donors (Lipinski definition) is 0. The molecule has 2 aromatic carbocycles. The molecule has 24 heavy (non-hydrogen) atoms. The van der Waals surface area contributed by atoms with Crippen molar-refractivity contribution >= 4 is 16.3 Å². The Balaban J connectivity index is 1.57. The van der Waals surface area contributed by atoms with Gasteiger partial charge in [-0.05, 0) is 23.3 Å². The molecule has 120 valence electrons. The van der Waals surface area contributed by atoms with Gasteiger partial charge in [-0.3, -0.25) is 0 Å². The van der Waals surface area contributed by atoms with Crippen LogP contribution in [0.5, 0.6) is 5.75 Å². The first-order chi connectivity index (χ1) is 11.8. The fourth-order valence-electron chi connectivity index (χ4n) is 2.58. The van der Waals surface area contributed by atoms with Crippen LogP contribution in [0.3, 0.4) is 0 Å². The maximum absolute atomic E-state index is 5.19. The van der Waals surface area contributed by atoms with Gasteiger partial charge in [-0.2, -0.15) is 9.61 Å². The Morgan fingerprint density at radius 2 is 1.67 bits per heavy atom. The van der Waals surface area contributed by atoms with Crippen LogP contribution in [-0.4, -0.2) is 26.9 Å². The molecule has 0 aliphatic carbocycles. The molecule has 0 amide bonds. The Kier molecular flexibility index (Phi) is 3.96. The van der Waals surface area contributed by atoms with Crippen LogP contribution >= 0.6 is 11.3 Å². The summed E-state index contributed by atoms with van der Waals surface area (Å²) in [6.07, 6.45) is 1.51. The molecule has 4 aromatic rings. The number of benzene rings is 2. The van der Waals surface area contributed by atoms with Crippen LogP contribution in [0.4, 0.5) is 0 Å². The molecule has 6 heteroatoms. The molecule has 0 aliphatic rings. The Morgan fingerprint density at radius 1 is 0.917 bits per heavy atom. The zero-order chi connectivity index (χ0) is 16.4. The van der Waals surface area contributed by atoms with E-state index in [9.17, 15) is 0 Å². The highest BCUT2D eigenvalue weighted by atomic mass is 32.1. The average Bonchev–Trinajstić information content (AvgIpc) is 3.18. The highest BCUT2D eigenvalue weighted by Crippen LogP contribution is 2.20. The van der Waals surface area contributed by atoms with E-state index in [1.807, 2.05) is 34.8 Å². The van der Waals surface area contributed by atoms with Crippen molar-refractivity contribution in [2.75, 3.05) is 7.11 Å². The molecule has 2 heterocycles. The van der Waals surface area contributed by atoms with Gasteiger partial charge < -0.3 is 4.74 Å². The fourth-order valence-corrected chi connectivity index (χ4v) is 3.46. The van der Waals surface area contributed by atoms with E-state index in [-0.39, 0.29) is 0 Å². The van der Waals surface area contributed by atoms with Gasteiger partial charge in [-0.15, -0.1) is 10.2 Å². The predicted molar refractivity (Wildman–Crippen MR) is 93.7 cm³/mol. The van der Waals surface area contributed by atoms with Crippen molar-refractivity contribution in [1.29, 1.82) is 0 Å². The predicted octanol–water partition coefficient (Wildman–Crippen LogP) is 3.38. The fraction of sp³-hybridized carbons (Fsp3) is 0.167. The molecule has 2 aromatic heterocycles. The Hall–Kier alpha value is -2.73. The second kappa shape index (κ2) is 6.41. The summed E-state index contributed by atoms with van der Waals surface area (Å²) in [5.41, 5.74) is 2.40. The van der Waals surface area contributed by atoms with Crippen molar-refractivity contribution in [3.63, 3.8) is 0 Å². The van der Waals surface area contributed by atoms with Crippen LogP contribution in [0.1, 0.15) is 22.0 Å². The molecule has 0 atom stereocenters. The monoisotopic (exact) mass is 336 g/mol. The topological polar surface area (TPSA) is 52.3 Å². The highest BCUT2D eigenvalue weighted by Gasteiger charge is 2.12.